The molecule has 1 saturated heterocycles. The zero-order valence-corrected chi connectivity index (χ0v) is 15.3. The smallest absolute Gasteiger partial charge is 0.254 e. The number of halogens is 3. The fourth-order valence-electron chi connectivity index (χ4n) is 3.70. The minimum absolute atomic E-state index is 0.0230. The Morgan fingerprint density at radius 2 is 1.67 bits per heavy atom. The molecule has 0 aromatic heterocycles. The minimum atomic E-state index is -1.19. The molecule has 2 atom stereocenters. The van der Waals surface area contributed by atoms with Gasteiger partial charge in [-0.1, -0.05) is 0 Å². The molecule has 7 heteroatoms. The van der Waals surface area contributed by atoms with Gasteiger partial charge in [0.15, 0.2) is 11.6 Å². The number of carbonyl (C=O) groups is 1. The number of rotatable bonds is 3. The molecule has 144 valence electrons. The number of hydrogen-bond donors (Lipinski definition) is 1. The molecule has 27 heavy (non-hydrogen) atoms. The number of hydrogen-bond acceptors (Lipinski definition) is 3. The van der Waals surface area contributed by atoms with Gasteiger partial charge < -0.3 is 10.6 Å². The van der Waals surface area contributed by atoms with Gasteiger partial charge in [-0.25, -0.2) is 13.2 Å². The maximum absolute atomic E-state index is 13.9. The van der Waals surface area contributed by atoms with Crippen LogP contribution in [0.15, 0.2) is 36.4 Å². The Hall–Kier alpha value is -2.54. The van der Waals surface area contributed by atoms with E-state index in [-0.39, 0.29) is 30.1 Å². The van der Waals surface area contributed by atoms with Crippen LogP contribution in [0.5, 0.6) is 0 Å². The number of nitrogens with two attached hydrogens (primary N) is 1. The standard InChI is InChI=1S/C20H22F3N3O/c1-12-9-25(11-15-7-16(21)8-18(22)19(15)23)10-13(2)26(12)20(27)14-3-5-17(24)6-4-14/h3-8,12-13H,9-11,24H2,1-2H3. The third kappa shape index (κ3) is 4.08. The van der Waals surface area contributed by atoms with Gasteiger partial charge in [0, 0.05) is 54.6 Å². The highest BCUT2D eigenvalue weighted by molar-refractivity contribution is 5.95. The number of anilines is 1. The summed E-state index contributed by atoms with van der Waals surface area (Å²) in [5.74, 6) is -3.12. The lowest BCUT2D eigenvalue weighted by molar-refractivity contribution is 0.0265. The molecular formula is C20H22F3N3O. The summed E-state index contributed by atoms with van der Waals surface area (Å²) in [6.07, 6.45) is 0. The Balaban J connectivity index is 1.73. The first kappa shape index (κ1) is 19.2. The number of piperazine rings is 1. The SMILES string of the molecule is CC1CN(Cc2cc(F)cc(F)c2F)CC(C)N1C(=O)c1ccc(N)cc1. The third-order valence-corrected chi connectivity index (χ3v) is 4.85. The van der Waals surface area contributed by atoms with E-state index in [2.05, 4.69) is 0 Å². The molecule has 1 aliphatic heterocycles. The topological polar surface area (TPSA) is 49.6 Å². The van der Waals surface area contributed by atoms with Gasteiger partial charge in [-0.2, -0.15) is 0 Å². The summed E-state index contributed by atoms with van der Waals surface area (Å²) < 4.78 is 40.8. The molecule has 2 aromatic carbocycles. The summed E-state index contributed by atoms with van der Waals surface area (Å²) in [4.78, 5) is 16.5. The maximum Gasteiger partial charge on any atom is 0.254 e. The van der Waals surface area contributed by atoms with E-state index in [9.17, 15) is 18.0 Å². The van der Waals surface area contributed by atoms with Crippen LogP contribution in [0, 0.1) is 17.5 Å². The Bertz CT molecular complexity index is 829. The zero-order valence-electron chi connectivity index (χ0n) is 15.3. The van der Waals surface area contributed by atoms with Gasteiger partial charge in [-0.15, -0.1) is 0 Å². The first-order chi connectivity index (χ1) is 12.8. The van der Waals surface area contributed by atoms with Gasteiger partial charge in [0.25, 0.3) is 5.91 Å². The lowest BCUT2D eigenvalue weighted by Crippen LogP contribution is -2.58. The second-order valence-corrected chi connectivity index (χ2v) is 7.09. The zero-order chi connectivity index (χ0) is 19.7. The van der Waals surface area contributed by atoms with Crippen molar-refractivity contribution in [3.05, 3.63) is 65.0 Å². The molecule has 2 N–H and O–H groups in total. The average molecular weight is 377 g/mol. The van der Waals surface area contributed by atoms with E-state index < -0.39 is 17.5 Å². The summed E-state index contributed by atoms with van der Waals surface area (Å²) in [6, 6.07) is 8.01. The summed E-state index contributed by atoms with van der Waals surface area (Å²) >= 11 is 0. The van der Waals surface area contributed by atoms with E-state index in [1.54, 1.807) is 29.2 Å². The van der Waals surface area contributed by atoms with Gasteiger partial charge in [0.05, 0.1) is 0 Å². The molecule has 1 fully saturated rings. The van der Waals surface area contributed by atoms with Gasteiger partial charge in [-0.05, 0) is 44.2 Å². The number of nitrogens with zero attached hydrogens (tertiary/aromatic N) is 2. The third-order valence-electron chi connectivity index (χ3n) is 4.85. The normalized spacial score (nSPS) is 20.7. The van der Waals surface area contributed by atoms with Crippen molar-refractivity contribution in [1.82, 2.24) is 9.80 Å². The molecule has 0 saturated carbocycles. The lowest BCUT2D eigenvalue weighted by atomic mass is 10.0. The lowest BCUT2D eigenvalue weighted by Gasteiger charge is -2.44. The molecule has 0 aliphatic carbocycles. The maximum atomic E-state index is 13.9. The Kier molecular flexibility index (Phi) is 5.41. The van der Waals surface area contributed by atoms with Crippen LogP contribution in [0.2, 0.25) is 0 Å². The van der Waals surface area contributed by atoms with Crippen LogP contribution in [0.1, 0.15) is 29.8 Å². The molecule has 4 nitrogen and oxygen atoms in total. The van der Waals surface area contributed by atoms with Crippen LogP contribution < -0.4 is 5.73 Å². The molecule has 1 heterocycles. The highest BCUT2D eigenvalue weighted by atomic mass is 19.2. The predicted octanol–water partition coefficient (Wildman–Crippen LogP) is 3.42. The van der Waals surface area contributed by atoms with Crippen molar-refractivity contribution in [2.75, 3.05) is 18.8 Å². The first-order valence-electron chi connectivity index (χ1n) is 8.80. The van der Waals surface area contributed by atoms with Crippen LogP contribution in [0.25, 0.3) is 0 Å². The van der Waals surface area contributed by atoms with Gasteiger partial charge >= 0.3 is 0 Å². The average Bonchev–Trinajstić information content (AvgIpc) is 2.59. The van der Waals surface area contributed by atoms with Gasteiger partial charge in [0.1, 0.15) is 5.82 Å². The van der Waals surface area contributed by atoms with E-state index in [0.29, 0.717) is 30.4 Å². The van der Waals surface area contributed by atoms with Crippen molar-refractivity contribution in [2.45, 2.75) is 32.5 Å². The minimum Gasteiger partial charge on any atom is -0.399 e. The van der Waals surface area contributed by atoms with Crippen molar-refractivity contribution >= 4 is 11.6 Å². The molecule has 2 unspecified atom stereocenters. The summed E-state index contributed by atoms with van der Waals surface area (Å²) in [7, 11) is 0. The Morgan fingerprint density at radius 1 is 1.07 bits per heavy atom. The van der Waals surface area contributed by atoms with E-state index in [0.717, 1.165) is 6.07 Å². The number of carbonyl (C=O) groups excluding carboxylic acids is 1. The van der Waals surface area contributed by atoms with Crippen LogP contribution in [-0.4, -0.2) is 40.9 Å². The summed E-state index contributed by atoms with van der Waals surface area (Å²) in [6.45, 7) is 4.84. The second-order valence-electron chi connectivity index (χ2n) is 7.09. The Labute approximate surface area is 156 Å². The fourth-order valence-corrected chi connectivity index (χ4v) is 3.70. The summed E-state index contributed by atoms with van der Waals surface area (Å²) in [5.41, 5.74) is 6.78. The largest absolute Gasteiger partial charge is 0.399 e. The van der Waals surface area contributed by atoms with Crippen LogP contribution in [-0.2, 0) is 6.54 Å². The van der Waals surface area contributed by atoms with E-state index >= 15 is 0 Å². The van der Waals surface area contributed by atoms with E-state index in [1.807, 2.05) is 18.7 Å². The van der Waals surface area contributed by atoms with E-state index in [1.165, 1.54) is 0 Å². The first-order valence-corrected chi connectivity index (χ1v) is 8.80. The highest BCUT2D eigenvalue weighted by Crippen LogP contribution is 2.23. The van der Waals surface area contributed by atoms with E-state index in [4.69, 9.17) is 5.73 Å². The molecule has 0 bridgehead atoms. The van der Waals surface area contributed by atoms with Crippen LogP contribution in [0.4, 0.5) is 18.9 Å². The number of benzene rings is 2. The highest BCUT2D eigenvalue weighted by Gasteiger charge is 2.33. The van der Waals surface area contributed by atoms with Crippen LogP contribution in [0.3, 0.4) is 0 Å². The number of nitrogen functional groups attached to an aromatic ring is 1. The molecule has 1 amide bonds. The van der Waals surface area contributed by atoms with Gasteiger partial charge in [-0.3, -0.25) is 9.69 Å². The molecule has 1 aliphatic rings. The van der Waals surface area contributed by atoms with Crippen molar-refractivity contribution in [3.8, 4) is 0 Å². The van der Waals surface area contributed by atoms with Crippen molar-refractivity contribution in [1.29, 1.82) is 0 Å². The summed E-state index contributed by atoms with van der Waals surface area (Å²) in [5, 5.41) is 0. The fraction of sp³-hybridized carbons (Fsp3) is 0.350. The monoisotopic (exact) mass is 377 g/mol. The van der Waals surface area contributed by atoms with Crippen molar-refractivity contribution in [3.63, 3.8) is 0 Å². The molecular weight excluding hydrogens is 355 g/mol. The number of amides is 1. The van der Waals surface area contributed by atoms with Crippen molar-refractivity contribution in [2.24, 2.45) is 0 Å². The van der Waals surface area contributed by atoms with Crippen molar-refractivity contribution < 1.29 is 18.0 Å². The molecule has 0 radical (unpaired) electrons. The Morgan fingerprint density at radius 3 is 2.26 bits per heavy atom. The van der Waals surface area contributed by atoms with Crippen LogP contribution >= 0.6 is 0 Å². The molecule has 0 spiro atoms. The second kappa shape index (κ2) is 7.60. The quantitative estimate of drug-likeness (QED) is 0.659. The van der Waals surface area contributed by atoms with Gasteiger partial charge in [0.2, 0.25) is 0 Å². The molecule has 3 rings (SSSR count). The molecule has 2 aromatic rings. The predicted molar refractivity (Wildman–Crippen MR) is 97.5 cm³/mol.